The average Bonchev–Trinajstić information content (AvgIpc) is 3.22. The lowest BCUT2D eigenvalue weighted by Crippen LogP contribution is -2.23. The molecule has 0 atom stereocenters. The summed E-state index contributed by atoms with van der Waals surface area (Å²) in [5, 5.41) is 12.1. The first-order chi connectivity index (χ1) is 13.6. The van der Waals surface area contributed by atoms with E-state index in [0.29, 0.717) is 27.6 Å². The number of hydrogen-bond donors (Lipinski definition) is 0. The van der Waals surface area contributed by atoms with E-state index in [1.165, 1.54) is 23.9 Å². The first kappa shape index (κ1) is 18.0. The van der Waals surface area contributed by atoms with Gasteiger partial charge in [0.2, 0.25) is 0 Å². The molecule has 0 saturated heterocycles. The molecule has 2 heterocycles. The van der Waals surface area contributed by atoms with Crippen molar-refractivity contribution in [2.45, 2.75) is 17.5 Å². The summed E-state index contributed by atoms with van der Waals surface area (Å²) in [6.45, 7) is 0.265. The summed E-state index contributed by atoms with van der Waals surface area (Å²) in [6, 6.07) is 17.2. The van der Waals surface area contributed by atoms with Crippen LogP contribution in [0.4, 0.5) is 5.69 Å². The van der Waals surface area contributed by atoms with Crippen LogP contribution in [0.15, 0.2) is 81.3 Å². The number of benzene rings is 2. The van der Waals surface area contributed by atoms with Crippen LogP contribution in [0.5, 0.6) is 0 Å². The molecule has 0 amide bonds. The third-order valence-electron chi connectivity index (χ3n) is 4.21. The highest BCUT2D eigenvalue weighted by Gasteiger charge is 2.14. The molecule has 2 aromatic heterocycles. The fraction of sp³-hybridized carbons (Fsp3) is 0.100. The second kappa shape index (κ2) is 7.69. The molecule has 4 aromatic rings. The fourth-order valence-electron chi connectivity index (χ4n) is 2.86. The Balaban J connectivity index is 1.71. The Bertz CT molecular complexity index is 1200. The zero-order valence-electron chi connectivity index (χ0n) is 14.6. The molecule has 0 saturated carbocycles. The SMILES string of the molecule is O=c1c2ccccc2nc(SCc2cccc([N+](=O)[O-])c2)n1Cc1ccco1. The van der Waals surface area contributed by atoms with Gasteiger partial charge in [-0.2, -0.15) is 0 Å². The van der Waals surface area contributed by atoms with Crippen LogP contribution >= 0.6 is 11.8 Å². The molecular formula is C20H15N3O4S. The molecule has 0 N–H and O–H groups in total. The van der Waals surface area contributed by atoms with Gasteiger partial charge in [-0.3, -0.25) is 19.5 Å². The van der Waals surface area contributed by atoms with Crippen LogP contribution in [-0.4, -0.2) is 14.5 Å². The summed E-state index contributed by atoms with van der Waals surface area (Å²) < 4.78 is 6.97. The van der Waals surface area contributed by atoms with Crippen molar-refractivity contribution in [3.05, 3.63) is 98.7 Å². The molecule has 0 aliphatic rings. The molecule has 2 aromatic carbocycles. The van der Waals surface area contributed by atoms with Crippen molar-refractivity contribution in [2.24, 2.45) is 0 Å². The van der Waals surface area contributed by atoms with E-state index >= 15 is 0 Å². The Morgan fingerprint density at radius 1 is 1.11 bits per heavy atom. The number of nitro benzene ring substituents is 1. The minimum atomic E-state index is -0.421. The summed E-state index contributed by atoms with van der Waals surface area (Å²) in [5.41, 5.74) is 1.29. The lowest BCUT2D eigenvalue weighted by Gasteiger charge is -2.12. The third kappa shape index (κ3) is 3.67. The van der Waals surface area contributed by atoms with Gasteiger partial charge in [-0.05, 0) is 29.8 Å². The van der Waals surface area contributed by atoms with Gasteiger partial charge in [0, 0.05) is 17.9 Å². The smallest absolute Gasteiger partial charge is 0.269 e. The molecule has 0 radical (unpaired) electrons. The minimum Gasteiger partial charge on any atom is -0.467 e. The molecule has 140 valence electrons. The van der Waals surface area contributed by atoms with Crippen molar-refractivity contribution in [3.63, 3.8) is 0 Å². The highest BCUT2D eigenvalue weighted by Crippen LogP contribution is 2.24. The summed E-state index contributed by atoms with van der Waals surface area (Å²) in [7, 11) is 0. The molecule has 0 spiro atoms. The number of aromatic nitrogens is 2. The van der Waals surface area contributed by atoms with Gasteiger partial charge in [0.25, 0.3) is 11.2 Å². The fourth-order valence-corrected chi connectivity index (χ4v) is 3.80. The summed E-state index contributed by atoms with van der Waals surface area (Å²) in [4.78, 5) is 28.2. The monoisotopic (exact) mass is 393 g/mol. The van der Waals surface area contributed by atoms with Crippen molar-refractivity contribution >= 4 is 28.4 Å². The first-order valence-electron chi connectivity index (χ1n) is 8.50. The Hall–Kier alpha value is -3.39. The summed E-state index contributed by atoms with van der Waals surface area (Å²) >= 11 is 1.36. The number of nitro groups is 1. The lowest BCUT2D eigenvalue weighted by molar-refractivity contribution is -0.384. The zero-order chi connectivity index (χ0) is 19.5. The van der Waals surface area contributed by atoms with E-state index in [1.54, 1.807) is 47.2 Å². The Kier molecular flexibility index (Phi) is 4.94. The van der Waals surface area contributed by atoms with Gasteiger partial charge in [-0.25, -0.2) is 4.98 Å². The van der Waals surface area contributed by atoms with Crippen LogP contribution in [-0.2, 0) is 12.3 Å². The van der Waals surface area contributed by atoms with Gasteiger partial charge in [-0.1, -0.05) is 36.0 Å². The van der Waals surface area contributed by atoms with E-state index in [-0.39, 0.29) is 17.8 Å². The normalized spacial score (nSPS) is 11.0. The van der Waals surface area contributed by atoms with Crippen LogP contribution in [0.3, 0.4) is 0 Å². The topological polar surface area (TPSA) is 91.2 Å². The molecule has 0 fully saturated rings. The maximum absolute atomic E-state index is 13.0. The predicted octanol–water partition coefficient (Wildman–Crippen LogP) is 4.24. The summed E-state index contributed by atoms with van der Waals surface area (Å²) in [5.74, 6) is 1.10. The zero-order valence-corrected chi connectivity index (χ0v) is 15.5. The highest BCUT2D eigenvalue weighted by molar-refractivity contribution is 7.98. The third-order valence-corrected chi connectivity index (χ3v) is 5.26. The van der Waals surface area contributed by atoms with Gasteiger partial charge < -0.3 is 4.42 Å². The molecule has 0 bridgehead atoms. The van der Waals surface area contributed by atoms with Crippen molar-refractivity contribution in [1.82, 2.24) is 9.55 Å². The van der Waals surface area contributed by atoms with Gasteiger partial charge in [0.15, 0.2) is 5.16 Å². The second-order valence-corrected chi connectivity index (χ2v) is 7.04. The first-order valence-corrected chi connectivity index (χ1v) is 9.48. The van der Waals surface area contributed by atoms with Gasteiger partial charge in [0.1, 0.15) is 5.76 Å². The average molecular weight is 393 g/mol. The van der Waals surface area contributed by atoms with Gasteiger partial charge >= 0.3 is 0 Å². The summed E-state index contributed by atoms with van der Waals surface area (Å²) in [6.07, 6.45) is 1.56. The molecule has 4 rings (SSSR count). The van der Waals surface area contributed by atoms with Crippen LogP contribution in [0.25, 0.3) is 10.9 Å². The van der Waals surface area contributed by atoms with E-state index in [1.807, 2.05) is 12.1 Å². The van der Waals surface area contributed by atoms with E-state index < -0.39 is 4.92 Å². The highest BCUT2D eigenvalue weighted by atomic mass is 32.2. The molecule has 7 nitrogen and oxygen atoms in total. The number of fused-ring (bicyclic) bond motifs is 1. The number of thioether (sulfide) groups is 1. The number of rotatable bonds is 6. The molecule has 0 aliphatic heterocycles. The van der Waals surface area contributed by atoms with E-state index in [2.05, 4.69) is 4.98 Å². The molecule has 28 heavy (non-hydrogen) atoms. The number of hydrogen-bond acceptors (Lipinski definition) is 6. The lowest BCUT2D eigenvalue weighted by atomic mass is 10.2. The minimum absolute atomic E-state index is 0.0394. The van der Waals surface area contributed by atoms with E-state index in [0.717, 1.165) is 5.56 Å². The van der Waals surface area contributed by atoms with Crippen LogP contribution in [0.2, 0.25) is 0 Å². The van der Waals surface area contributed by atoms with Crippen molar-refractivity contribution < 1.29 is 9.34 Å². The number of furan rings is 1. The molecular weight excluding hydrogens is 378 g/mol. The maximum Gasteiger partial charge on any atom is 0.269 e. The largest absolute Gasteiger partial charge is 0.467 e. The predicted molar refractivity (Wildman–Crippen MR) is 106 cm³/mol. The molecule has 8 heteroatoms. The van der Waals surface area contributed by atoms with Crippen LogP contribution in [0, 0.1) is 10.1 Å². The van der Waals surface area contributed by atoms with Crippen LogP contribution < -0.4 is 5.56 Å². The number of para-hydroxylation sites is 1. The molecule has 0 aliphatic carbocycles. The van der Waals surface area contributed by atoms with Crippen molar-refractivity contribution in [1.29, 1.82) is 0 Å². The standard InChI is InChI=1S/C20H15N3O4S/c24-19-17-8-1-2-9-18(17)21-20(22(19)12-16-7-4-10-27-16)28-13-14-5-3-6-15(11-14)23(25)26/h1-11H,12-13H2. The Labute approximate surface area is 163 Å². The van der Waals surface area contributed by atoms with Crippen molar-refractivity contribution in [3.8, 4) is 0 Å². The van der Waals surface area contributed by atoms with E-state index in [4.69, 9.17) is 4.42 Å². The maximum atomic E-state index is 13.0. The van der Waals surface area contributed by atoms with Crippen molar-refractivity contribution in [2.75, 3.05) is 0 Å². The molecule has 0 unspecified atom stereocenters. The van der Waals surface area contributed by atoms with E-state index in [9.17, 15) is 14.9 Å². The quantitative estimate of drug-likeness (QED) is 0.211. The Morgan fingerprint density at radius 3 is 2.75 bits per heavy atom. The van der Waals surface area contributed by atoms with Gasteiger partial charge in [-0.15, -0.1) is 0 Å². The number of nitrogens with zero attached hydrogens (tertiary/aromatic N) is 3. The second-order valence-electron chi connectivity index (χ2n) is 6.10. The van der Waals surface area contributed by atoms with Gasteiger partial charge in [0.05, 0.1) is 28.6 Å². The Morgan fingerprint density at radius 2 is 1.96 bits per heavy atom. The van der Waals surface area contributed by atoms with Crippen LogP contribution in [0.1, 0.15) is 11.3 Å². The number of non-ortho nitro benzene ring substituents is 1.